The van der Waals surface area contributed by atoms with Gasteiger partial charge in [-0.25, -0.2) is 8.42 Å². The summed E-state index contributed by atoms with van der Waals surface area (Å²) in [6, 6.07) is 4.20. The molecule has 0 spiro atoms. The molecule has 1 aromatic carbocycles. The number of hydrogen-bond acceptors (Lipinski definition) is 5. The third-order valence-corrected chi connectivity index (χ3v) is 5.41. The van der Waals surface area contributed by atoms with E-state index in [0.29, 0.717) is 31.1 Å². The van der Waals surface area contributed by atoms with Crippen LogP contribution >= 0.6 is 0 Å². The van der Waals surface area contributed by atoms with Crippen LogP contribution in [0.3, 0.4) is 0 Å². The Labute approximate surface area is 123 Å². The van der Waals surface area contributed by atoms with Gasteiger partial charge in [-0.1, -0.05) is 19.8 Å². The van der Waals surface area contributed by atoms with Crippen LogP contribution in [-0.4, -0.2) is 38.0 Å². The van der Waals surface area contributed by atoms with Crippen LogP contribution in [-0.2, 0) is 14.6 Å². The van der Waals surface area contributed by atoms with E-state index >= 15 is 0 Å². The van der Waals surface area contributed by atoms with Gasteiger partial charge >= 0.3 is 5.97 Å². The van der Waals surface area contributed by atoms with E-state index in [1.54, 1.807) is 0 Å². The summed E-state index contributed by atoms with van der Waals surface area (Å²) in [6.07, 6.45) is 1.38. The van der Waals surface area contributed by atoms with Crippen molar-refractivity contribution < 1.29 is 27.8 Å². The van der Waals surface area contributed by atoms with Crippen molar-refractivity contribution in [2.75, 3.05) is 13.2 Å². The van der Waals surface area contributed by atoms with E-state index in [0.717, 1.165) is 6.42 Å². The Morgan fingerprint density at radius 2 is 1.95 bits per heavy atom. The van der Waals surface area contributed by atoms with Gasteiger partial charge < -0.3 is 14.6 Å². The average molecular weight is 314 g/mol. The number of unbranched alkanes of at least 4 members (excludes halogenated alkanes) is 1. The van der Waals surface area contributed by atoms with E-state index in [9.17, 15) is 18.3 Å². The molecule has 1 aliphatic heterocycles. The lowest BCUT2D eigenvalue weighted by Crippen LogP contribution is -2.30. The minimum Gasteiger partial charge on any atom is -0.486 e. The Hall–Kier alpha value is -1.76. The standard InChI is InChI=1S/C14H18O6S/c1-2-3-4-13(14(15)16)21(17,18)10-5-6-11-12(9-10)20-8-7-19-11/h5-6,9,13H,2-4,7-8H2,1H3,(H,15,16). The van der Waals surface area contributed by atoms with Gasteiger partial charge in [0.2, 0.25) is 0 Å². The van der Waals surface area contributed by atoms with Gasteiger partial charge in [0.05, 0.1) is 4.90 Å². The number of benzene rings is 1. The number of hydrogen-bond donors (Lipinski definition) is 1. The number of carboxylic acid groups (broad SMARTS) is 1. The van der Waals surface area contributed by atoms with Crippen LogP contribution in [0.4, 0.5) is 0 Å². The molecule has 0 bridgehead atoms. The average Bonchev–Trinajstić information content (AvgIpc) is 2.46. The lowest BCUT2D eigenvalue weighted by atomic mass is 10.2. The molecule has 1 heterocycles. The van der Waals surface area contributed by atoms with Gasteiger partial charge in [-0.3, -0.25) is 4.79 Å². The fourth-order valence-electron chi connectivity index (χ4n) is 2.17. The molecule has 0 aromatic heterocycles. The molecule has 7 heteroatoms. The van der Waals surface area contributed by atoms with E-state index in [4.69, 9.17) is 9.47 Å². The molecule has 1 aliphatic rings. The van der Waals surface area contributed by atoms with Crippen molar-refractivity contribution >= 4 is 15.8 Å². The molecule has 0 saturated heterocycles. The molecule has 2 rings (SSSR count). The van der Waals surface area contributed by atoms with Gasteiger partial charge in [-0.05, 0) is 18.6 Å². The molecule has 0 saturated carbocycles. The summed E-state index contributed by atoms with van der Waals surface area (Å²) in [5.41, 5.74) is 0. The van der Waals surface area contributed by atoms with Gasteiger partial charge in [-0.2, -0.15) is 0 Å². The first-order chi connectivity index (χ1) is 9.96. The largest absolute Gasteiger partial charge is 0.486 e. The Morgan fingerprint density at radius 3 is 2.57 bits per heavy atom. The number of aliphatic carboxylic acids is 1. The van der Waals surface area contributed by atoms with E-state index in [2.05, 4.69) is 0 Å². The highest BCUT2D eigenvalue weighted by molar-refractivity contribution is 7.92. The van der Waals surface area contributed by atoms with Crippen LogP contribution in [0.25, 0.3) is 0 Å². The molecular weight excluding hydrogens is 296 g/mol. The lowest BCUT2D eigenvalue weighted by Gasteiger charge is -2.20. The van der Waals surface area contributed by atoms with Crippen molar-refractivity contribution in [3.8, 4) is 11.5 Å². The monoisotopic (exact) mass is 314 g/mol. The summed E-state index contributed by atoms with van der Waals surface area (Å²) in [6.45, 7) is 2.64. The Balaban J connectivity index is 2.35. The molecule has 116 valence electrons. The predicted octanol–water partition coefficient (Wildman–Crippen LogP) is 1.87. The molecule has 0 amide bonds. The lowest BCUT2D eigenvalue weighted by molar-refractivity contribution is -0.136. The van der Waals surface area contributed by atoms with Crippen LogP contribution in [0, 0.1) is 0 Å². The smallest absolute Gasteiger partial charge is 0.322 e. The van der Waals surface area contributed by atoms with Crippen molar-refractivity contribution in [3.63, 3.8) is 0 Å². The third-order valence-electron chi connectivity index (χ3n) is 3.31. The zero-order chi connectivity index (χ0) is 15.5. The summed E-state index contributed by atoms with van der Waals surface area (Å²) in [5, 5.41) is 7.77. The van der Waals surface area contributed by atoms with E-state index in [-0.39, 0.29) is 11.3 Å². The third kappa shape index (κ3) is 3.29. The van der Waals surface area contributed by atoms with Gasteiger partial charge in [0.25, 0.3) is 0 Å². The predicted molar refractivity (Wildman–Crippen MR) is 75.6 cm³/mol. The van der Waals surface area contributed by atoms with Crippen LogP contribution in [0.2, 0.25) is 0 Å². The SMILES string of the molecule is CCCCC(C(=O)O)S(=O)(=O)c1ccc2c(c1)OCCO2. The zero-order valence-corrected chi connectivity index (χ0v) is 12.6. The quantitative estimate of drug-likeness (QED) is 0.862. The van der Waals surface area contributed by atoms with Crippen molar-refractivity contribution in [2.24, 2.45) is 0 Å². The Bertz CT molecular complexity index is 622. The van der Waals surface area contributed by atoms with Gasteiger partial charge in [-0.15, -0.1) is 0 Å². The second kappa shape index (κ2) is 6.34. The maximum absolute atomic E-state index is 12.5. The van der Waals surface area contributed by atoms with Crippen molar-refractivity contribution in [1.82, 2.24) is 0 Å². The summed E-state index contributed by atoms with van der Waals surface area (Å²) < 4.78 is 35.6. The van der Waals surface area contributed by atoms with E-state index in [1.165, 1.54) is 18.2 Å². The Kier molecular flexibility index (Phi) is 4.72. The number of carbonyl (C=O) groups is 1. The number of sulfone groups is 1. The first kappa shape index (κ1) is 15.6. The number of rotatable bonds is 6. The summed E-state index contributed by atoms with van der Waals surface area (Å²) in [5.74, 6) is -0.513. The van der Waals surface area contributed by atoms with Gasteiger partial charge in [0.15, 0.2) is 26.6 Å². The normalized spacial score (nSPS) is 15.5. The van der Waals surface area contributed by atoms with Crippen molar-refractivity contribution in [1.29, 1.82) is 0 Å². The molecule has 1 N–H and O–H groups in total. The topological polar surface area (TPSA) is 89.9 Å². The molecule has 21 heavy (non-hydrogen) atoms. The second-order valence-corrected chi connectivity index (χ2v) is 6.95. The molecule has 0 radical (unpaired) electrons. The molecule has 6 nitrogen and oxygen atoms in total. The fraction of sp³-hybridized carbons (Fsp3) is 0.500. The highest BCUT2D eigenvalue weighted by atomic mass is 32.2. The molecular formula is C14H18O6S. The first-order valence-corrected chi connectivity index (χ1v) is 8.37. The minimum atomic E-state index is -3.94. The van der Waals surface area contributed by atoms with Crippen LogP contribution in [0.15, 0.2) is 23.1 Å². The van der Waals surface area contributed by atoms with Gasteiger partial charge in [0.1, 0.15) is 13.2 Å². The Morgan fingerprint density at radius 1 is 1.29 bits per heavy atom. The highest BCUT2D eigenvalue weighted by Crippen LogP contribution is 2.33. The number of fused-ring (bicyclic) bond motifs is 1. The highest BCUT2D eigenvalue weighted by Gasteiger charge is 2.34. The maximum atomic E-state index is 12.5. The van der Waals surface area contributed by atoms with Crippen molar-refractivity contribution in [3.05, 3.63) is 18.2 Å². The summed E-state index contributed by atoms with van der Waals surface area (Å²) in [7, 11) is -3.94. The van der Waals surface area contributed by atoms with E-state index < -0.39 is 21.1 Å². The van der Waals surface area contributed by atoms with E-state index in [1.807, 2.05) is 6.92 Å². The molecule has 1 unspecified atom stereocenters. The molecule has 0 fully saturated rings. The molecule has 0 aliphatic carbocycles. The molecule has 1 aromatic rings. The first-order valence-electron chi connectivity index (χ1n) is 6.83. The number of carboxylic acids is 1. The maximum Gasteiger partial charge on any atom is 0.322 e. The van der Waals surface area contributed by atoms with Crippen LogP contribution in [0.1, 0.15) is 26.2 Å². The summed E-state index contributed by atoms with van der Waals surface area (Å²) >= 11 is 0. The number of ether oxygens (including phenoxy) is 2. The summed E-state index contributed by atoms with van der Waals surface area (Å²) in [4.78, 5) is 11.2. The molecule has 1 atom stereocenters. The van der Waals surface area contributed by atoms with Crippen LogP contribution < -0.4 is 9.47 Å². The fourth-order valence-corrected chi connectivity index (χ4v) is 3.77. The minimum absolute atomic E-state index is 0.0461. The van der Waals surface area contributed by atoms with Crippen molar-refractivity contribution in [2.45, 2.75) is 36.3 Å². The van der Waals surface area contributed by atoms with Crippen LogP contribution in [0.5, 0.6) is 11.5 Å². The second-order valence-electron chi connectivity index (χ2n) is 4.82. The van der Waals surface area contributed by atoms with Gasteiger partial charge in [0, 0.05) is 6.07 Å². The zero-order valence-electron chi connectivity index (χ0n) is 11.7.